The molecular weight excluding hydrogens is 414 g/mol. The molecule has 0 spiro atoms. The zero-order valence-corrected chi connectivity index (χ0v) is 17.2. The minimum Gasteiger partial charge on any atom is -0.407 e. The Morgan fingerprint density at radius 2 is 1.42 bits per heavy atom. The second-order valence-corrected chi connectivity index (χ2v) is 8.88. The van der Waals surface area contributed by atoms with Crippen LogP contribution in [0, 0.1) is 0 Å². The number of carbonyl (C=O) groups is 1. The van der Waals surface area contributed by atoms with Gasteiger partial charge in [0.15, 0.2) is 9.84 Å². The zero-order valence-electron chi connectivity index (χ0n) is 16.4. The highest BCUT2D eigenvalue weighted by Crippen LogP contribution is 2.17. The predicted octanol–water partition coefficient (Wildman–Crippen LogP) is 3.89. The number of sulfone groups is 1. The van der Waals surface area contributed by atoms with E-state index >= 15 is 0 Å². The van der Waals surface area contributed by atoms with Crippen LogP contribution in [0.5, 0.6) is 0 Å². The van der Waals surface area contributed by atoms with Crippen molar-refractivity contribution in [1.29, 1.82) is 0 Å². The number of hydrogen-bond acceptors (Lipinski definition) is 6. The highest BCUT2D eigenvalue weighted by Gasteiger charge is 2.20. The Hall–Kier alpha value is -3.78. The molecule has 1 amide bonds. The Morgan fingerprint density at radius 3 is 2.10 bits per heavy atom. The van der Waals surface area contributed by atoms with Crippen LogP contribution >= 0.6 is 0 Å². The molecule has 0 unspecified atom stereocenters. The fraction of sp³-hybridized carbons (Fsp3) is 0.0870. The summed E-state index contributed by atoms with van der Waals surface area (Å²) in [5.74, 6) is -0.974. The number of anilines is 1. The third-order valence-corrected chi connectivity index (χ3v) is 6.19. The number of aromatic nitrogens is 2. The Labute approximate surface area is 179 Å². The van der Waals surface area contributed by atoms with Gasteiger partial charge in [0.2, 0.25) is 5.89 Å². The molecule has 0 aliphatic carbocycles. The first kappa shape index (κ1) is 20.5. The van der Waals surface area contributed by atoms with Crippen LogP contribution in [0.1, 0.15) is 27.4 Å². The van der Waals surface area contributed by atoms with E-state index in [0.717, 1.165) is 12.0 Å². The first-order chi connectivity index (χ1) is 15.0. The van der Waals surface area contributed by atoms with Gasteiger partial charge in [-0.1, -0.05) is 65.8 Å². The van der Waals surface area contributed by atoms with Gasteiger partial charge in [0, 0.05) is 5.56 Å². The normalized spacial score (nSPS) is 11.2. The predicted molar refractivity (Wildman–Crippen MR) is 115 cm³/mol. The van der Waals surface area contributed by atoms with Crippen LogP contribution in [0.15, 0.2) is 94.2 Å². The Bertz CT molecular complexity index is 1270. The van der Waals surface area contributed by atoms with Crippen LogP contribution in [-0.4, -0.2) is 24.5 Å². The molecule has 0 atom stereocenters. The van der Waals surface area contributed by atoms with Crippen LogP contribution in [0.2, 0.25) is 0 Å². The highest BCUT2D eigenvalue weighted by atomic mass is 32.2. The second kappa shape index (κ2) is 8.93. The molecule has 1 heterocycles. The van der Waals surface area contributed by atoms with Crippen molar-refractivity contribution >= 4 is 21.8 Å². The van der Waals surface area contributed by atoms with E-state index in [9.17, 15) is 13.2 Å². The van der Waals surface area contributed by atoms with E-state index in [1.165, 1.54) is 17.7 Å². The third kappa shape index (κ3) is 5.23. The lowest BCUT2D eigenvalue weighted by molar-refractivity contribution is 0.102. The number of nitrogens with one attached hydrogen (secondary N) is 1. The van der Waals surface area contributed by atoms with Gasteiger partial charge in [0.05, 0.1) is 4.90 Å². The summed E-state index contributed by atoms with van der Waals surface area (Å²) in [5.41, 5.74) is 2.69. The summed E-state index contributed by atoms with van der Waals surface area (Å²) in [6, 6.07) is 25.1. The molecule has 0 saturated carbocycles. The van der Waals surface area contributed by atoms with Gasteiger partial charge in [-0.15, -0.1) is 5.10 Å². The molecule has 1 aromatic heterocycles. The summed E-state index contributed by atoms with van der Waals surface area (Å²) >= 11 is 0. The van der Waals surface area contributed by atoms with Crippen LogP contribution in [0.4, 0.5) is 6.01 Å². The number of carbonyl (C=O) groups excluding carboxylic acids is 1. The molecule has 4 rings (SSSR count). The summed E-state index contributed by atoms with van der Waals surface area (Å²) in [6.45, 7) is 0. The maximum atomic E-state index is 12.4. The van der Waals surface area contributed by atoms with Crippen LogP contribution in [0.3, 0.4) is 0 Å². The van der Waals surface area contributed by atoms with Gasteiger partial charge in [0.1, 0.15) is 5.75 Å². The monoisotopic (exact) mass is 433 g/mol. The molecule has 8 heteroatoms. The lowest BCUT2D eigenvalue weighted by atomic mass is 10.0. The summed E-state index contributed by atoms with van der Waals surface area (Å²) in [7, 11) is -3.62. The zero-order chi connectivity index (χ0) is 21.7. The molecule has 1 N–H and O–H groups in total. The summed E-state index contributed by atoms with van der Waals surface area (Å²) in [5, 5.41) is 9.94. The van der Waals surface area contributed by atoms with E-state index in [4.69, 9.17) is 4.42 Å². The van der Waals surface area contributed by atoms with E-state index in [2.05, 4.69) is 15.5 Å². The molecule has 156 valence electrons. The second-order valence-electron chi connectivity index (χ2n) is 6.89. The Balaban J connectivity index is 1.39. The molecule has 0 aliphatic rings. The molecule has 3 aromatic carbocycles. The van der Waals surface area contributed by atoms with Crippen LogP contribution in [-0.2, 0) is 22.0 Å². The fourth-order valence-corrected chi connectivity index (χ4v) is 4.19. The summed E-state index contributed by atoms with van der Waals surface area (Å²) < 4.78 is 30.1. The Morgan fingerprint density at radius 1 is 0.806 bits per heavy atom. The molecule has 0 radical (unpaired) electrons. The van der Waals surface area contributed by atoms with Crippen molar-refractivity contribution in [3.8, 4) is 0 Å². The van der Waals surface area contributed by atoms with E-state index < -0.39 is 21.5 Å². The van der Waals surface area contributed by atoms with Crippen LogP contribution < -0.4 is 5.32 Å². The molecule has 4 aromatic rings. The van der Waals surface area contributed by atoms with E-state index in [1.807, 2.05) is 42.5 Å². The number of benzene rings is 3. The van der Waals surface area contributed by atoms with Crippen molar-refractivity contribution in [3.63, 3.8) is 0 Å². The minimum absolute atomic E-state index is 0.0997. The molecule has 7 nitrogen and oxygen atoms in total. The van der Waals surface area contributed by atoms with E-state index in [-0.39, 0.29) is 16.8 Å². The maximum absolute atomic E-state index is 12.4. The molecular formula is C23H19N3O4S. The Kier molecular flexibility index (Phi) is 5.90. The SMILES string of the molecule is O=C(Nc1nnc(CS(=O)(=O)c2ccccc2)o1)c1ccc(Cc2ccccc2)cc1. The quantitative estimate of drug-likeness (QED) is 0.474. The molecule has 31 heavy (non-hydrogen) atoms. The lowest BCUT2D eigenvalue weighted by Crippen LogP contribution is -2.12. The van der Waals surface area contributed by atoms with Gasteiger partial charge in [-0.3, -0.25) is 10.1 Å². The van der Waals surface area contributed by atoms with Gasteiger partial charge in [-0.25, -0.2) is 8.42 Å². The first-order valence-corrected chi connectivity index (χ1v) is 11.2. The van der Waals surface area contributed by atoms with Gasteiger partial charge in [-0.05, 0) is 41.8 Å². The standard InChI is InChI=1S/C23H19N3O4S/c27-22(19-13-11-18(12-14-19)15-17-7-3-1-4-8-17)24-23-26-25-21(30-23)16-31(28,29)20-9-5-2-6-10-20/h1-14H,15-16H2,(H,24,26,27). The van der Waals surface area contributed by atoms with Crippen molar-refractivity contribution < 1.29 is 17.6 Å². The van der Waals surface area contributed by atoms with Gasteiger partial charge >= 0.3 is 6.01 Å². The third-order valence-electron chi connectivity index (χ3n) is 4.57. The van der Waals surface area contributed by atoms with Crippen molar-refractivity contribution in [3.05, 3.63) is 108 Å². The average molecular weight is 433 g/mol. The summed E-state index contributed by atoms with van der Waals surface area (Å²) in [6.07, 6.45) is 0.769. The number of rotatable bonds is 7. The minimum atomic E-state index is -3.62. The topological polar surface area (TPSA) is 102 Å². The molecule has 0 saturated heterocycles. The maximum Gasteiger partial charge on any atom is 0.322 e. The smallest absolute Gasteiger partial charge is 0.322 e. The fourth-order valence-electron chi connectivity index (χ4n) is 3.01. The van der Waals surface area contributed by atoms with Crippen molar-refractivity contribution in [2.75, 3.05) is 5.32 Å². The number of amides is 1. The largest absolute Gasteiger partial charge is 0.407 e. The average Bonchev–Trinajstić information content (AvgIpc) is 3.21. The van der Waals surface area contributed by atoms with E-state index in [0.29, 0.717) is 5.56 Å². The van der Waals surface area contributed by atoms with Gasteiger partial charge in [0.25, 0.3) is 5.91 Å². The number of nitrogens with zero attached hydrogens (tertiary/aromatic N) is 2. The summed E-state index contributed by atoms with van der Waals surface area (Å²) in [4.78, 5) is 12.6. The van der Waals surface area contributed by atoms with Crippen molar-refractivity contribution in [1.82, 2.24) is 10.2 Å². The lowest BCUT2D eigenvalue weighted by Gasteiger charge is -2.04. The van der Waals surface area contributed by atoms with E-state index in [1.54, 1.807) is 30.3 Å². The van der Waals surface area contributed by atoms with Gasteiger partial charge in [-0.2, -0.15) is 0 Å². The number of hydrogen-bond donors (Lipinski definition) is 1. The highest BCUT2D eigenvalue weighted by molar-refractivity contribution is 7.90. The van der Waals surface area contributed by atoms with Crippen molar-refractivity contribution in [2.45, 2.75) is 17.1 Å². The van der Waals surface area contributed by atoms with Gasteiger partial charge < -0.3 is 4.42 Å². The van der Waals surface area contributed by atoms with Crippen molar-refractivity contribution in [2.24, 2.45) is 0 Å². The first-order valence-electron chi connectivity index (χ1n) is 9.54. The molecule has 0 fully saturated rings. The molecule has 0 bridgehead atoms. The van der Waals surface area contributed by atoms with Crippen LogP contribution in [0.25, 0.3) is 0 Å². The molecule has 0 aliphatic heterocycles.